The number of hydrogen-bond donors (Lipinski definition) is 0. The molecule has 3 aromatic carbocycles. The largest absolute Gasteiger partial charge is 0.497 e. The van der Waals surface area contributed by atoms with E-state index in [4.69, 9.17) is 21.3 Å². The molecule has 1 aliphatic heterocycles. The fraction of sp³-hybridized carbons (Fsp3) is 0.0769. The smallest absolute Gasteiger partial charge is 0.267 e. The topological polar surface area (TPSA) is 42.4 Å². The first-order valence-corrected chi connectivity index (χ1v) is 12.4. The average Bonchev–Trinajstić information content (AvgIpc) is 3.46. The van der Waals surface area contributed by atoms with Crippen LogP contribution in [0.1, 0.15) is 16.5 Å². The van der Waals surface area contributed by atoms with Crippen molar-refractivity contribution >= 4 is 51.8 Å². The Morgan fingerprint density at radius 2 is 1.73 bits per heavy atom. The molecule has 1 amide bonds. The van der Waals surface area contributed by atoms with E-state index in [2.05, 4.69) is 0 Å². The predicted molar refractivity (Wildman–Crippen MR) is 138 cm³/mol. The summed E-state index contributed by atoms with van der Waals surface area (Å²) in [4.78, 5) is 20.8. The summed E-state index contributed by atoms with van der Waals surface area (Å²) in [5.74, 6) is 0.712. The highest BCUT2D eigenvalue weighted by molar-refractivity contribution is 8.05. The van der Waals surface area contributed by atoms with Crippen molar-refractivity contribution in [2.24, 2.45) is 0 Å². The van der Waals surface area contributed by atoms with Gasteiger partial charge in [0.2, 0.25) is 0 Å². The first-order chi connectivity index (χ1) is 16.1. The molecule has 1 unspecified atom stereocenters. The molecule has 1 fully saturated rings. The normalized spacial score (nSPS) is 17.0. The number of carbonyl (C=O) groups is 1. The number of thiazole rings is 1. The van der Waals surface area contributed by atoms with Gasteiger partial charge in [0.1, 0.15) is 11.1 Å². The van der Waals surface area contributed by atoms with Crippen molar-refractivity contribution in [1.82, 2.24) is 4.98 Å². The van der Waals surface area contributed by atoms with Crippen molar-refractivity contribution in [3.05, 3.63) is 105 Å². The van der Waals surface area contributed by atoms with Crippen LogP contribution in [0.2, 0.25) is 5.02 Å². The highest BCUT2D eigenvalue weighted by atomic mass is 35.5. The maximum absolute atomic E-state index is 13.6. The van der Waals surface area contributed by atoms with E-state index >= 15 is 0 Å². The van der Waals surface area contributed by atoms with Crippen LogP contribution in [0.25, 0.3) is 17.3 Å². The molecule has 2 heterocycles. The fourth-order valence-electron chi connectivity index (χ4n) is 3.54. The van der Waals surface area contributed by atoms with Crippen molar-refractivity contribution < 1.29 is 9.53 Å². The molecular formula is C26H19ClN2O2S2. The van der Waals surface area contributed by atoms with Gasteiger partial charge in [-0.2, -0.15) is 0 Å². The number of rotatable bonds is 5. The Labute approximate surface area is 205 Å². The number of amides is 1. The van der Waals surface area contributed by atoms with Crippen molar-refractivity contribution in [3.63, 3.8) is 0 Å². The van der Waals surface area contributed by atoms with Crippen LogP contribution in [-0.4, -0.2) is 18.0 Å². The van der Waals surface area contributed by atoms with Crippen LogP contribution in [0.4, 0.5) is 5.13 Å². The first-order valence-electron chi connectivity index (χ1n) is 10.2. The number of nitrogens with zero attached hydrogens (tertiary/aromatic N) is 2. The van der Waals surface area contributed by atoms with Crippen molar-refractivity contribution in [2.45, 2.75) is 5.37 Å². The lowest BCUT2D eigenvalue weighted by Crippen LogP contribution is -2.27. The molecule has 5 rings (SSSR count). The maximum Gasteiger partial charge on any atom is 0.267 e. The van der Waals surface area contributed by atoms with Crippen molar-refractivity contribution in [3.8, 4) is 17.0 Å². The van der Waals surface area contributed by atoms with Gasteiger partial charge >= 0.3 is 0 Å². The van der Waals surface area contributed by atoms with Crippen LogP contribution in [0.5, 0.6) is 5.75 Å². The monoisotopic (exact) mass is 490 g/mol. The molecule has 4 nitrogen and oxygen atoms in total. The second-order valence-electron chi connectivity index (χ2n) is 7.36. The molecule has 1 aromatic heterocycles. The summed E-state index contributed by atoms with van der Waals surface area (Å²) in [6.45, 7) is 0. The van der Waals surface area contributed by atoms with Crippen LogP contribution in [-0.2, 0) is 4.79 Å². The van der Waals surface area contributed by atoms with E-state index in [0.29, 0.717) is 15.1 Å². The zero-order valence-corrected chi connectivity index (χ0v) is 20.0. The number of ether oxygens (including phenoxy) is 1. The van der Waals surface area contributed by atoms with Gasteiger partial charge in [-0.25, -0.2) is 4.98 Å². The van der Waals surface area contributed by atoms with Gasteiger partial charge in [0.25, 0.3) is 5.91 Å². The van der Waals surface area contributed by atoms with E-state index in [0.717, 1.165) is 28.1 Å². The number of halogens is 1. The van der Waals surface area contributed by atoms with E-state index in [9.17, 15) is 4.79 Å². The second kappa shape index (κ2) is 9.43. The average molecular weight is 491 g/mol. The molecule has 164 valence electrons. The summed E-state index contributed by atoms with van der Waals surface area (Å²) in [6.07, 6.45) is 1.92. The number of aromatic nitrogens is 1. The van der Waals surface area contributed by atoms with Crippen molar-refractivity contribution in [1.29, 1.82) is 0 Å². The van der Waals surface area contributed by atoms with Crippen LogP contribution < -0.4 is 9.64 Å². The van der Waals surface area contributed by atoms with Crippen LogP contribution in [0.3, 0.4) is 0 Å². The van der Waals surface area contributed by atoms with E-state index in [1.165, 1.54) is 23.1 Å². The third-order valence-electron chi connectivity index (χ3n) is 5.24. The molecule has 0 aliphatic carbocycles. The number of hydrogen-bond acceptors (Lipinski definition) is 5. The number of benzene rings is 3. The Kier molecular flexibility index (Phi) is 6.22. The summed E-state index contributed by atoms with van der Waals surface area (Å²) < 4.78 is 5.24. The van der Waals surface area contributed by atoms with E-state index in [1.54, 1.807) is 12.0 Å². The lowest BCUT2D eigenvalue weighted by atomic mass is 10.2. The number of thioether (sulfide) groups is 1. The third kappa shape index (κ3) is 4.55. The number of carbonyl (C=O) groups excluding carboxylic acids is 1. The maximum atomic E-state index is 13.6. The molecule has 1 saturated heterocycles. The highest BCUT2D eigenvalue weighted by Gasteiger charge is 2.39. The van der Waals surface area contributed by atoms with Gasteiger partial charge in [0.05, 0.1) is 17.7 Å². The van der Waals surface area contributed by atoms with E-state index in [1.807, 2.05) is 90.3 Å². The molecule has 33 heavy (non-hydrogen) atoms. The van der Waals surface area contributed by atoms with Gasteiger partial charge in [-0.05, 0) is 41.5 Å². The second-order valence-corrected chi connectivity index (χ2v) is 9.76. The molecule has 0 saturated carbocycles. The summed E-state index contributed by atoms with van der Waals surface area (Å²) in [5, 5.41) is 3.10. The summed E-state index contributed by atoms with van der Waals surface area (Å²) in [5.41, 5.74) is 3.81. The molecular weight excluding hydrogens is 472 g/mol. The fourth-order valence-corrected chi connectivity index (χ4v) is 5.83. The molecule has 0 N–H and O–H groups in total. The molecule has 1 atom stereocenters. The summed E-state index contributed by atoms with van der Waals surface area (Å²) in [6, 6.07) is 25.3. The van der Waals surface area contributed by atoms with Gasteiger partial charge in [-0.15, -0.1) is 11.3 Å². The van der Waals surface area contributed by atoms with Gasteiger partial charge in [0, 0.05) is 16.0 Å². The van der Waals surface area contributed by atoms with Gasteiger partial charge in [-0.3, -0.25) is 9.69 Å². The van der Waals surface area contributed by atoms with Gasteiger partial charge < -0.3 is 4.74 Å². The number of methoxy groups -OCH3 is 1. The Bertz CT molecular complexity index is 1300. The molecule has 0 radical (unpaired) electrons. The summed E-state index contributed by atoms with van der Waals surface area (Å²) >= 11 is 9.10. The van der Waals surface area contributed by atoms with Crippen LogP contribution in [0, 0.1) is 0 Å². The minimum atomic E-state index is -0.228. The number of anilines is 1. The Morgan fingerprint density at radius 3 is 2.42 bits per heavy atom. The molecule has 0 bridgehead atoms. The minimum absolute atomic E-state index is 0.0651. The highest BCUT2D eigenvalue weighted by Crippen LogP contribution is 2.49. The third-order valence-corrected chi connectivity index (χ3v) is 7.58. The quantitative estimate of drug-likeness (QED) is 0.275. The first kappa shape index (κ1) is 21.8. The Morgan fingerprint density at radius 1 is 1.00 bits per heavy atom. The summed E-state index contributed by atoms with van der Waals surface area (Å²) in [7, 11) is 1.64. The van der Waals surface area contributed by atoms with Crippen LogP contribution >= 0.6 is 34.7 Å². The zero-order chi connectivity index (χ0) is 22.8. The van der Waals surface area contributed by atoms with Gasteiger partial charge in [0.15, 0.2) is 5.13 Å². The Hall–Kier alpha value is -3.06. The standard InChI is InChI=1S/C26H19ClN2O2S2/c1-31-21-13-7-17(8-14-21)15-23-24(30)29(25(33-23)19-9-11-20(27)12-10-19)26-28-22(16-32-26)18-5-3-2-4-6-18/h2-16,25H,1H3/b23-15-. The van der Waals surface area contributed by atoms with Gasteiger partial charge in [-0.1, -0.05) is 78.0 Å². The Balaban J connectivity index is 1.53. The molecule has 1 aliphatic rings. The lowest BCUT2D eigenvalue weighted by molar-refractivity contribution is -0.114. The van der Waals surface area contributed by atoms with Crippen molar-refractivity contribution in [2.75, 3.05) is 12.0 Å². The molecule has 0 spiro atoms. The molecule has 4 aromatic rings. The van der Waals surface area contributed by atoms with E-state index < -0.39 is 0 Å². The zero-order valence-electron chi connectivity index (χ0n) is 17.6. The molecule has 7 heteroatoms. The minimum Gasteiger partial charge on any atom is -0.497 e. The SMILES string of the molecule is COc1ccc(/C=C2\SC(c3ccc(Cl)cc3)N(c3nc(-c4ccccc4)cs3)C2=O)cc1. The van der Waals surface area contributed by atoms with E-state index in [-0.39, 0.29) is 11.3 Å². The van der Waals surface area contributed by atoms with Crippen LogP contribution in [0.15, 0.2) is 89.1 Å². The lowest BCUT2D eigenvalue weighted by Gasteiger charge is -2.21. The predicted octanol–water partition coefficient (Wildman–Crippen LogP) is 7.29.